The van der Waals surface area contributed by atoms with E-state index in [0.717, 1.165) is 25.1 Å². The number of rotatable bonds is 2. The van der Waals surface area contributed by atoms with Gasteiger partial charge < -0.3 is 4.74 Å². The minimum Gasteiger partial charge on any atom is -0.443 e. The third-order valence-electron chi connectivity index (χ3n) is 3.51. The van der Waals surface area contributed by atoms with E-state index >= 15 is 0 Å². The molecule has 3 nitrogen and oxygen atoms in total. The van der Waals surface area contributed by atoms with E-state index in [0.29, 0.717) is 5.92 Å². The van der Waals surface area contributed by atoms with Gasteiger partial charge >= 0.3 is 6.09 Å². The average Bonchev–Trinajstić information content (AvgIpc) is 2.42. The molecule has 0 saturated heterocycles. The Hall–Kier alpha value is -1.77. The van der Waals surface area contributed by atoms with Gasteiger partial charge in [0.15, 0.2) is 0 Å². The number of hydrogen-bond donors (Lipinski definition) is 0. The van der Waals surface area contributed by atoms with Crippen LogP contribution in [0.2, 0.25) is 0 Å². The summed E-state index contributed by atoms with van der Waals surface area (Å²) in [5.74, 6) is 0.536. The number of carbonyl (C=O) groups is 1. The molecule has 1 amide bonds. The number of hydrogen-bond acceptors (Lipinski definition) is 2. The van der Waals surface area contributed by atoms with Gasteiger partial charge in [-0.2, -0.15) is 0 Å². The number of aryl methyl sites for hydroxylation is 1. The monoisotopic (exact) mass is 301 g/mol. The molecule has 0 N–H and O–H groups in total. The van der Waals surface area contributed by atoms with Crippen molar-refractivity contribution in [1.29, 1.82) is 0 Å². The summed E-state index contributed by atoms with van der Waals surface area (Å²) in [6.07, 6.45) is 6.08. The van der Waals surface area contributed by atoms with E-state index in [1.165, 1.54) is 11.1 Å². The summed E-state index contributed by atoms with van der Waals surface area (Å²) in [4.78, 5) is 14.1. The second kappa shape index (κ2) is 6.55. The van der Waals surface area contributed by atoms with Crippen LogP contribution in [0.5, 0.6) is 0 Å². The first-order valence-electron chi connectivity index (χ1n) is 8.08. The highest BCUT2D eigenvalue weighted by Gasteiger charge is 2.27. The summed E-state index contributed by atoms with van der Waals surface area (Å²) in [6.45, 7) is 10.8. The Kier molecular flexibility index (Phi) is 4.94. The molecule has 0 atom stereocenters. The fourth-order valence-electron chi connectivity index (χ4n) is 2.53. The molecule has 22 heavy (non-hydrogen) atoms. The van der Waals surface area contributed by atoms with Crippen LogP contribution in [0.3, 0.4) is 0 Å². The van der Waals surface area contributed by atoms with Gasteiger partial charge in [0.1, 0.15) is 5.60 Å². The van der Waals surface area contributed by atoms with E-state index in [2.05, 4.69) is 38.1 Å². The Morgan fingerprint density at radius 2 is 2.05 bits per heavy atom. The highest BCUT2D eigenvalue weighted by atomic mass is 16.6. The lowest BCUT2D eigenvalue weighted by Gasteiger charge is -2.31. The first-order valence-corrected chi connectivity index (χ1v) is 8.08. The minimum absolute atomic E-state index is 0.251. The number of carbonyl (C=O) groups excluding carboxylic acids is 1. The number of benzene rings is 1. The van der Waals surface area contributed by atoms with E-state index in [1.54, 1.807) is 4.90 Å². The number of allylic oxidation sites excluding steroid dienone is 1. The zero-order valence-corrected chi connectivity index (χ0v) is 14.3. The summed E-state index contributed by atoms with van der Waals surface area (Å²) in [7, 11) is 0. The lowest BCUT2D eigenvalue weighted by molar-refractivity contribution is 0.0578. The predicted octanol–water partition coefficient (Wildman–Crippen LogP) is 5.04. The van der Waals surface area contributed by atoms with Crippen LogP contribution in [0, 0.1) is 5.92 Å². The molecule has 0 spiro atoms. The molecule has 0 fully saturated rings. The summed E-state index contributed by atoms with van der Waals surface area (Å²) < 4.78 is 5.52. The van der Waals surface area contributed by atoms with E-state index in [-0.39, 0.29) is 6.09 Å². The van der Waals surface area contributed by atoms with Gasteiger partial charge in [-0.1, -0.05) is 32.1 Å². The Morgan fingerprint density at radius 3 is 2.68 bits per heavy atom. The maximum atomic E-state index is 12.4. The lowest BCUT2D eigenvalue weighted by atomic mass is 9.99. The molecule has 3 heteroatoms. The van der Waals surface area contributed by atoms with Crippen LogP contribution in [0.15, 0.2) is 24.3 Å². The molecule has 1 aromatic rings. The highest BCUT2D eigenvalue weighted by Crippen LogP contribution is 2.30. The van der Waals surface area contributed by atoms with Crippen LogP contribution in [0.1, 0.15) is 52.2 Å². The zero-order chi connectivity index (χ0) is 16.3. The molecule has 1 heterocycles. The van der Waals surface area contributed by atoms with E-state index in [4.69, 9.17) is 4.74 Å². The second-order valence-electron chi connectivity index (χ2n) is 7.23. The smallest absolute Gasteiger partial charge is 0.414 e. The largest absolute Gasteiger partial charge is 0.443 e. The summed E-state index contributed by atoms with van der Waals surface area (Å²) >= 11 is 0. The van der Waals surface area contributed by atoms with Gasteiger partial charge in [-0.15, -0.1) is 0 Å². The Labute approximate surface area is 134 Å². The normalized spacial score (nSPS) is 15.3. The van der Waals surface area contributed by atoms with Crippen LogP contribution in [0.25, 0.3) is 6.08 Å². The van der Waals surface area contributed by atoms with Crippen LogP contribution in [-0.2, 0) is 11.2 Å². The van der Waals surface area contributed by atoms with Crippen molar-refractivity contribution >= 4 is 17.9 Å². The first kappa shape index (κ1) is 16.6. The molecular weight excluding hydrogens is 274 g/mol. The van der Waals surface area contributed by atoms with Gasteiger partial charge in [-0.25, -0.2) is 4.79 Å². The van der Waals surface area contributed by atoms with Crippen LogP contribution in [-0.4, -0.2) is 18.2 Å². The molecule has 1 aliphatic heterocycles. The van der Waals surface area contributed by atoms with Gasteiger partial charge in [-0.3, -0.25) is 4.90 Å². The number of nitrogens with zero attached hydrogens (tertiary/aromatic N) is 1. The number of anilines is 1. The van der Waals surface area contributed by atoms with Crippen molar-refractivity contribution in [3.8, 4) is 0 Å². The van der Waals surface area contributed by atoms with Gasteiger partial charge in [0, 0.05) is 6.54 Å². The Morgan fingerprint density at radius 1 is 1.32 bits per heavy atom. The van der Waals surface area contributed by atoms with Crippen molar-refractivity contribution in [2.24, 2.45) is 5.92 Å². The van der Waals surface area contributed by atoms with Crippen molar-refractivity contribution < 1.29 is 9.53 Å². The van der Waals surface area contributed by atoms with Gasteiger partial charge in [0.2, 0.25) is 0 Å². The minimum atomic E-state index is -0.464. The molecule has 0 saturated carbocycles. The fraction of sp³-hybridized carbons (Fsp3) is 0.526. The molecule has 1 aromatic carbocycles. The van der Waals surface area contributed by atoms with Gasteiger partial charge in [-0.05, 0) is 62.8 Å². The van der Waals surface area contributed by atoms with Gasteiger partial charge in [0.25, 0.3) is 0 Å². The second-order valence-corrected chi connectivity index (χ2v) is 7.23. The Bertz CT molecular complexity index is 567. The molecule has 0 unspecified atom stereocenters. The molecular formula is C19H27NO2. The van der Waals surface area contributed by atoms with Crippen molar-refractivity contribution in [2.75, 3.05) is 11.4 Å². The summed E-state index contributed by atoms with van der Waals surface area (Å²) in [5, 5.41) is 0. The van der Waals surface area contributed by atoms with E-state index in [9.17, 15) is 4.79 Å². The van der Waals surface area contributed by atoms with Gasteiger partial charge in [0.05, 0.1) is 5.69 Å². The number of fused-ring (bicyclic) bond motifs is 1. The topological polar surface area (TPSA) is 29.5 Å². The number of ether oxygens (including phenoxy) is 1. The quantitative estimate of drug-likeness (QED) is 0.765. The first-order chi connectivity index (χ1) is 10.3. The van der Waals surface area contributed by atoms with Crippen LogP contribution >= 0.6 is 0 Å². The van der Waals surface area contributed by atoms with Crippen LogP contribution < -0.4 is 4.90 Å². The third-order valence-corrected chi connectivity index (χ3v) is 3.51. The fourth-order valence-corrected chi connectivity index (χ4v) is 2.53. The lowest BCUT2D eigenvalue weighted by Crippen LogP contribution is -2.39. The van der Waals surface area contributed by atoms with Crippen molar-refractivity contribution in [3.63, 3.8) is 0 Å². The standard InChI is InChI=1S/C19H27NO2/c1-14(2)8-9-15-10-11-17-16(13-15)7-6-12-20(17)18(21)22-19(3,4)5/h8-11,13-14H,6-7,12H2,1-5H3/b9-8+. The molecule has 0 bridgehead atoms. The SMILES string of the molecule is CC(C)/C=C/c1ccc2c(c1)CCCN2C(=O)OC(C)(C)C. The molecule has 0 aliphatic carbocycles. The van der Waals surface area contributed by atoms with Crippen molar-refractivity contribution in [1.82, 2.24) is 0 Å². The van der Waals surface area contributed by atoms with Crippen molar-refractivity contribution in [3.05, 3.63) is 35.4 Å². The zero-order valence-electron chi connectivity index (χ0n) is 14.3. The van der Waals surface area contributed by atoms with E-state index in [1.807, 2.05) is 26.8 Å². The average molecular weight is 301 g/mol. The highest BCUT2D eigenvalue weighted by molar-refractivity contribution is 5.89. The van der Waals surface area contributed by atoms with E-state index < -0.39 is 5.60 Å². The molecule has 1 aliphatic rings. The molecule has 120 valence electrons. The van der Waals surface area contributed by atoms with Crippen LogP contribution in [0.4, 0.5) is 10.5 Å². The maximum absolute atomic E-state index is 12.4. The third kappa shape index (κ3) is 4.36. The van der Waals surface area contributed by atoms with Crippen molar-refractivity contribution in [2.45, 2.75) is 53.1 Å². The number of amides is 1. The molecule has 0 radical (unpaired) electrons. The maximum Gasteiger partial charge on any atom is 0.414 e. The predicted molar refractivity (Wildman–Crippen MR) is 92.2 cm³/mol. The summed E-state index contributed by atoms with van der Waals surface area (Å²) in [6, 6.07) is 6.30. The Balaban J connectivity index is 2.22. The molecule has 2 rings (SSSR count). The molecule has 0 aromatic heterocycles. The summed E-state index contributed by atoms with van der Waals surface area (Å²) in [5.41, 5.74) is 2.94.